The maximum atomic E-state index is 13.5. The van der Waals surface area contributed by atoms with E-state index in [1.165, 1.54) is 37.3 Å². The number of aryl methyl sites for hydroxylation is 1. The first kappa shape index (κ1) is 30.2. The van der Waals surface area contributed by atoms with Crippen molar-refractivity contribution in [2.75, 3.05) is 6.26 Å². The third kappa shape index (κ3) is 6.54. The average Bonchev–Trinajstić information content (AvgIpc) is 3.50. The van der Waals surface area contributed by atoms with Gasteiger partial charge in [0, 0.05) is 24.3 Å². The molecule has 5 aromatic rings. The van der Waals surface area contributed by atoms with Crippen molar-refractivity contribution in [3.8, 4) is 45.1 Å². The lowest BCUT2D eigenvalue weighted by Crippen LogP contribution is -2.16. The fourth-order valence-corrected chi connectivity index (χ4v) is 5.20. The summed E-state index contributed by atoms with van der Waals surface area (Å²) in [6.45, 7) is 1.51. The molecule has 0 amide bonds. The molecule has 0 bridgehead atoms. The van der Waals surface area contributed by atoms with E-state index in [1.807, 2.05) is 0 Å². The Kier molecular flexibility index (Phi) is 7.55. The van der Waals surface area contributed by atoms with Crippen LogP contribution in [-0.2, 0) is 16.0 Å². The molecule has 7 nitrogen and oxygen atoms in total. The first-order valence-electron chi connectivity index (χ1n) is 12.1. The largest absolute Gasteiger partial charge is 0.573 e. The smallest absolute Gasteiger partial charge is 0.440 e. The summed E-state index contributed by atoms with van der Waals surface area (Å²) in [5.74, 6) is -0.243. The molecule has 2 heterocycles. The zero-order valence-corrected chi connectivity index (χ0v) is 23.5. The number of benzene rings is 3. The van der Waals surface area contributed by atoms with E-state index < -0.39 is 38.8 Å². The van der Waals surface area contributed by atoms with E-state index in [-0.39, 0.29) is 39.1 Å². The standard InChI is InChI=1S/C28H18ClF6N3O4S/c1-15-36-24(25(41-15)16-6-9-19(10-7-16)42-28(33,34)35)21-13-18(17-4-3-5-20(12-17)43(2,39)40)8-11-23(21)38-14-22(29)26(37-38)27(30,31)32/h3-14H,1-2H3. The lowest BCUT2D eigenvalue weighted by molar-refractivity contribution is -0.274. The van der Waals surface area contributed by atoms with Gasteiger partial charge in [-0.05, 0) is 59.7 Å². The number of halogens is 7. The zero-order valence-electron chi connectivity index (χ0n) is 22.0. The van der Waals surface area contributed by atoms with Gasteiger partial charge in [0.2, 0.25) is 0 Å². The lowest BCUT2D eigenvalue weighted by atomic mass is 9.98. The van der Waals surface area contributed by atoms with Gasteiger partial charge in [-0.2, -0.15) is 18.3 Å². The monoisotopic (exact) mass is 641 g/mol. The number of hydrogen-bond donors (Lipinski definition) is 0. The highest BCUT2D eigenvalue weighted by Crippen LogP contribution is 2.40. The molecule has 0 saturated heterocycles. The summed E-state index contributed by atoms with van der Waals surface area (Å²) in [6, 6.07) is 15.4. The van der Waals surface area contributed by atoms with Crippen molar-refractivity contribution in [2.45, 2.75) is 24.4 Å². The maximum absolute atomic E-state index is 13.5. The highest BCUT2D eigenvalue weighted by Gasteiger charge is 2.37. The minimum Gasteiger partial charge on any atom is -0.440 e. The van der Waals surface area contributed by atoms with E-state index >= 15 is 0 Å². The molecule has 5 rings (SSSR count). The molecule has 2 aromatic heterocycles. The lowest BCUT2D eigenvalue weighted by Gasteiger charge is -2.13. The van der Waals surface area contributed by atoms with E-state index in [4.69, 9.17) is 16.0 Å². The molecule has 0 aliphatic carbocycles. The van der Waals surface area contributed by atoms with Crippen LogP contribution >= 0.6 is 11.6 Å². The van der Waals surface area contributed by atoms with Gasteiger partial charge >= 0.3 is 12.5 Å². The van der Waals surface area contributed by atoms with Crippen molar-refractivity contribution in [3.63, 3.8) is 0 Å². The summed E-state index contributed by atoms with van der Waals surface area (Å²) in [5, 5.41) is 2.99. The summed E-state index contributed by atoms with van der Waals surface area (Å²) < 4.78 is 114. The van der Waals surface area contributed by atoms with Gasteiger partial charge < -0.3 is 9.15 Å². The first-order valence-corrected chi connectivity index (χ1v) is 14.4. The highest BCUT2D eigenvalue weighted by molar-refractivity contribution is 7.90. The van der Waals surface area contributed by atoms with E-state index in [9.17, 15) is 34.8 Å². The molecule has 0 aliphatic heterocycles. The summed E-state index contributed by atoms with van der Waals surface area (Å²) >= 11 is 5.87. The van der Waals surface area contributed by atoms with Crippen molar-refractivity contribution in [1.82, 2.24) is 14.8 Å². The molecule has 43 heavy (non-hydrogen) atoms. The Morgan fingerprint density at radius 2 is 1.56 bits per heavy atom. The number of nitrogens with zero attached hydrogens (tertiary/aromatic N) is 3. The van der Waals surface area contributed by atoms with E-state index in [0.29, 0.717) is 11.1 Å². The summed E-state index contributed by atoms with van der Waals surface area (Å²) in [5.41, 5.74) is 0.347. The molecule has 0 radical (unpaired) electrons. The Balaban J connectivity index is 1.71. The molecule has 0 fully saturated rings. The molecular weight excluding hydrogens is 624 g/mol. The first-order chi connectivity index (χ1) is 20.0. The van der Waals surface area contributed by atoms with Crippen LogP contribution in [-0.4, -0.2) is 35.8 Å². The average molecular weight is 642 g/mol. The number of oxazole rings is 1. The second-order valence-corrected chi connectivity index (χ2v) is 11.7. The van der Waals surface area contributed by atoms with Crippen LogP contribution in [0.2, 0.25) is 5.02 Å². The van der Waals surface area contributed by atoms with Gasteiger partial charge in [0.05, 0.1) is 21.8 Å². The van der Waals surface area contributed by atoms with Crippen LogP contribution in [0, 0.1) is 6.92 Å². The number of hydrogen-bond acceptors (Lipinski definition) is 6. The fourth-order valence-electron chi connectivity index (χ4n) is 4.29. The molecule has 0 spiro atoms. The second kappa shape index (κ2) is 10.8. The van der Waals surface area contributed by atoms with Crippen LogP contribution in [0.25, 0.3) is 39.4 Å². The van der Waals surface area contributed by atoms with Gasteiger partial charge in [0.1, 0.15) is 11.4 Å². The van der Waals surface area contributed by atoms with Gasteiger partial charge in [-0.3, -0.25) is 0 Å². The Bertz CT molecular complexity index is 1930. The van der Waals surface area contributed by atoms with Crippen LogP contribution in [0.15, 0.2) is 82.2 Å². The molecular formula is C28H18ClF6N3O4S. The number of ether oxygens (including phenoxy) is 1. The molecule has 0 aliphatic rings. The van der Waals surface area contributed by atoms with Crippen molar-refractivity contribution >= 4 is 21.4 Å². The predicted molar refractivity (Wildman–Crippen MR) is 144 cm³/mol. The Hall–Kier alpha value is -4.30. The molecule has 0 N–H and O–H groups in total. The number of rotatable bonds is 6. The van der Waals surface area contributed by atoms with E-state index in [0.717, 1.165) is 29.3 Å². The van der Waals surface area contributed by atoms with Gasteiger partial charge in [-0.25, -0.2) is 18.1 Å². The molecule has 0 unspecified atom stereocenters. The number of alkyl halides is 6. The predicted octanol–water partition coefficient (Wildman–Crippen LogP) is 8.14. The summed E-state index contributed by atoms with van der Waals surface area (Å²) in [6.07, 6.45) is -7.72. The minimum atomic E-state index is -4.90. The second-order valence-electron chi connectivity index (χ2n) is 9.28. The quantitative estimate of drug-likeness (QED) is 0.174. The molecule has 15 heteroatoms. The molecule has 0 atom stereocenters. The van der Waals surface area contributed by atoms with Crippen molar-refractivity contribution in [3.05, 3.63) is 89.5 Å². The topological polar surface area (TPSA) is 87.2 Å². The van der Waals surface area contributed by atoms with Gasteiger partial charge in [-0.15, -0.1) is 13.2 Å². The van der Waals surface area contributed by atoms with Gasteiger partial charge in [-0.1, -0.05) is 29.8 Å². The fraction of sp³-hybridized carbons (Fsp3) is 0.143. The number of aromatic nitrogens is 3. The summed E-state index contributed by atoms with van der Waals surface area (Å²) in [7, 11) is -3.56. The van der Waals surface area contributed by atoms with Crippen LogP contribution in [0.3, 0.4) is 0 Å². The highest BCUT2D eigenvalue weighted by atomic mass is 35.5. The molecule has 3 aromatic carbocycles. The van der Waals surface area contributed by atoms with Crippen LogP contribution < -0.4 is 4.74 Å². The molecule has 0 saturated carbocycles. The number of sulfone groups is 1. The van der Waals surface area contributed by atoms with Crippen molar-refractivity contribution in [1.29, 1.82) is 0 Å². The van der Waals surface area contributed by atoms with Crippen LogP contribution in [0.5, 0.6) is 5.75 Å². The van der Waals surface area contributed by atoms with Crippen molar-refractivity contribution < 1.29 is 43.9 Å². The normalized spacial score (nSPS) is 12.5. The zero-order chi connectivity index (χ0) is 31.3. The minimum absolute atomic E-state index is 0.0449. The third-order valence-electron chi connectivity index (χ3n) is 6.12. The van der Waals surface area contributed by atoms with Crippen LogP contribution in [0.4, 0.5) is 26.3 Å². The summed E-state index contributed by atoms with van der Waals surface area (Å²) in [4.78, 5) is 4.47. The molecule has 224 valence electrons. The SMILES string of the molecule is Cc1nc(-c2cc(-c3cccc(S(C)(=O)=O)c3)ccc2-n2cc(Cl)c(C(F)(F)F)n2)c(-c2ccc(OC(F)(F)F)cc2)o1. The Morgan fingerprint density at radius 3 is 2.16 bits per heavy atom. The Labute approximate surface area is 245 Å². The van der Waals surface area contributed by atoms with E-state index in [1.54, 1.807) is 24.3 Å². The maximum Gasteiger partial charge on any atom is 0.573 e. The van der Waals surface area contributed by atoms with Crippen molar-refractivity contribution in [2.24, 2.45) is 0 Å². The van der Waals surface area contributed by atoms with E-state index in [2.05, 4.69) is 14.8 Å². The van der Waals surface area contributed by atoms with Gasteiger partial charge in [0.15, 0.2) is 27.2 Å². The van der Waals surface area contributed by atoms with Crippen LogP contribution in [0.1, 0.15) is 11.6 Å². The van der Waals surface area contributed by atoms with Gasteiger partial charge in [0.25, 0.3) is 0 Å². The Morgan fingerprint density at radius 1 is 0.907 bits per heavy atom. The third-order valence-corrected chi connectivity index (χ3v) is 7.50.